The van der Waals surface area contributed by atoms with Gasteiger partial charge in [0.05, 0.1) is 0 Å². The topological polar surface area (TPSA) is 69.4 Å². The van der Waals surface area contributed by atoms with Crippen LogP contribution in [0.2, 0.25) is 0 Å². The first-order valence-corrected chi connectivity index (χ1v) is 10.2. The second-order valence-electron chi connectivity index (χ2n) is 8.07. The van der Waals surface area contributed by atoms with Gasteiger partial charge in [0, 0.05) is 25.2 Å². The predicted octanol–water partition coefficient (Wildman–Crippen LogP) is 2.10. The lowest BCUT2D eigenvalue weighted by Crippen LogP contribution is -2.43. The molecule has 1 aliphatic heterocycles. The highest BCUT2D eigenvalue weighted by molar-refractivity contribution is 5.77. The first kappa shape index (κ1) is 17.8. The molecule has 2 saturated carbocycles. The Kier molecular flexibility index (Phi) is 4.90. The first-order valence-electron chi connectivity index (χ1n) is 10.2. The Hall–Kier alpha value is -1.63. The zero-order chi connectivity index (χ0) is 18.3. The monoisotopic (exact) mass is 362 g/mol. The zero-order valence-corrected chi connectivity index (χ0v) is 15.9. The molecule has 0 unspecified atom stereocenters. The Labute approximate surface area is 154 Å². The molecule has 7 nitrogen and oxygen atoms in total. The van der Waals surface area contributed by atoms with Crippen LogP contribution in [0.1, 0.15) is 70.7 Å². The van der Waals surface area contributed by atoms with Crippen LogP contribution >= 0.6 is 0 Å². The van der Waals surface area contributed by atoms with Crippen LogP contribution in [-0.2, 0) is 22.6 Å². The molecular weight excluding hydrogens is 332 g/mol. The van der Waals surface area contributed by atoms with Crippen LogP contribution in [-0.4, -0.2) is 43.8 Å². The molecule has 1 aromatic heterocycles. The fourth-order valence-electron chi connectivity index (χ4n) is 4.54. The molecule has 1 saturated heterocycles. The first-order chi connectivity index (χ1) is 12.6. The van der Waals surface area contributed by atoms with Gasteiger partial charge in [-0.1, -0.05) is 19.8 Å². The SMILES string of the molecule is CCn1c([C@H]2OCC[C@H]2C)nn(CC(=O)N(C2CCCC2)C2CC2)c1=O. The molecule has 2 atom stereocenters. The van der Waals surface area contributed by atoms with E-state index in [0.29, 0.717) is 37.0 Å². The maximum atomic E-state index is 13.0. The molecular formula is C19H30N4O3. The Morgan fingerprint density at radius 1 is 1.19 bits per heavy atom. The van der Waals surface area contributed by atoms with Crippen molar-refractivity contribution in [1.82, 2.24) is 19.2 Å². The van der Waals surface area contributed by atoms with Crippen molar-refractivity contribution in [2.45, 2.75) is 90.1 Å². The van der Waals surface area contributed by atoms with Crippen molar-refractivity contribution in [2.75, 3.05) is 6.61 Å². The number of amides is 1. The van der Waals surface area contributed by atoms with Crippen molar-refractivity contribution in [1.29, 1.82) is 0 Å². The molecule has 1 aromatic rings. The molecule has 1 amide bonds. The quantitative estimate of drug-likeness (QED) is 0.777. The van der Waals surface area contributed by atoms with E-state index in [0.717, 1.165) is 32.1 Å². The smallest absolute Gasteiger partial charge is 0.346 e. The average molecular weight is 362 g/mol. The summed E-state index contributed by atoms with van der Waals surface area (Å²) >= 11 is 0. The lowest BCUT2D eigenvalue weighted by molar-refractivity contribution is -0.135. The van der Waals surface area contributed by atoms with Gasteiger partial charge in [-0.3, -0.25) is 9.36 Å². The molecule has 0 N–H and O–H groups in total. The minimum absolute atomic E-state index is 0.0485. The summed E-state index contributed by atoms with van der Waals surface area (Å²) in [4.78, 5) is 27.9. The summed E-state index contributed by atoms with van der Waals surface area (Å²) in [6.45, 7) is 5.36. The highest BCUT2D eigenvalue weighted by Gasteiger charge is 2.39. The molecule has 2 heterocycles. The van der Waals surface area contributed by atoms with Crippen LogP contribution in [0.3, 0.4) is 0 Å². The van der Waals surface area contributed by atoms with Gasteiger partial charge in [0.25, 0.3) is 0 Å². The largest absolute Gasteiger partial charge is 0.370 e. The summed E-state index contributed by atoms with van der Waals surface area (Å²) in [5.41, 5.74) is -0.194. The molecule has 26 heavy (non-hydrogen) atoms. The van der Waals surface area contributed by atoms with Gasteiger partial charge in [0.15, 0.2) is 5.82 Å². The molecule has 3 fully saturated rings. The van der Waals surface area contributed by atoms with Crippen molar-refractivity contribution in [2.24, 2.45) is 5.92 Å². The van der Waals surface area contributed by atoms with E-state index in [-0.39, 0.29) is 24.2 Å². The van der Waals surface area contributed by atoms with Crippen molar-refractivity contribution < 1.29 is 9.53 Å². The van der Waals surface area contributed by atoms with Gasteiger partial charge >= 0.3 is 5.69 Å². The van der Waals surface area contributed by atoms with Crippen LogP contribution in [0, 0.1) is 5.92 Å². The Bertz CT molecular complexity index is 715. The van der Waals surface area contributed by atoms with Gasteiger partial charge in [0.2, 0.25) is 5.91 Å². The van der Waals surface area contributed by atoms with Crippen LogP contribution < -0.4 is 5.69 Å². The number of rotatable bonds is 6. The Morgan fingerprint density at radius 2 is 1.88 bits per heavy atom. The van der Waals surface area contributed by atoms with E-state index in [9.17, 15) is 9.59 Å². The second-order valence-corrected chi connectivity index (χ2v) is 8.07. The van der Waals surface area contributed by atoms with Gasteiger partial charge < -0.3 is 9.64 Å². The summed E-state index contributed by atoms with van der Waals surface area (Å²) in [5.74, 6) is 1.07. The fourth-order valence-corrected chi connectivity index (χ4v) is 4.54. The Morgan fingerprint density at radius 3 is 2.46 bits per heavy atom. The normalized spacial score (nSPS) is 26.5. The highest BCUT2D eigenvalue weighted by atomic mass is 16.5. The van der Waals surface area contributed by atoms with E-state index in [4.69, 9.17) is 4.74 Å². The third kappa shape index (κ3) is 3.21. The number of ether oxygens (including phenoxy) is 1. The van der Waals surface area contributed by atoms with Crippen LogP contribution in [0.25, 0.3) is 0 Å². The second kappa shape index (κ2) is 7.18. The molecule has 3 aliphatic rings. The van der Waals surface area contributed by atoms with Crippen LogP contribution in [0.5, 0.6) is 0 Å². The molecule has 0 aromatic carbocycles. The van der Waals surface area contributed by atoms with E-state index in [1.807, 2.05) is 6.92 Å². The summed E-state index contributed by atoms with van der Waals surface area (Å²) in [7, 11) is 0. The Balaban J connectivity index is 1.56. The summed E-state index contributed by atoms with van der Waals surface area (Å²) in [6, 6.07) is 0.740. The molecule has 2 aliphatic carbocycles. The van der Waals surface area contributed by atoms with Gasteiger partial charge in [-0.15, -0.1) is 0 Å². The number of aromatic nitrogens is 3. The van der Waals surface area contributed by atoms with Crippen molar-refractivity contribution in [3.8, 4) is 0 Å². The number of hydrogen-bond donors (Lipinski definition) is 0. The van der Waals surface area contributed by atoms with Crippen LogP contribution in [0.4, 0.5) is 0 Å². The van der Waals surface area contributed by atoms with E-state index >= 15 is 0 Å². The maximum absolute atomic E-state index is 13.0. The van der Waals surface area contributed by atoms with E-state index in [1.165, 1.54) is 17.5 Å². The lowest BCUT2D eigenvalue weighted by atomic mass is 10.0. The average Bonchev–Trinajstić information content (AvgIpc) is 3.01. The highest BCUT2D eigenvalue weighted by Crippen LogP contribution is 2.35. The summed E-state index contributed by atoms with van der Waals surface area (Å²) < 4.78 is 8.84. The van der Waals surface area contributed by atoms with Gasteiger partial charge in [-0.05, 0) is 44.9 Å². The molecule has 0 radical (unpaired) electrons. The van der Waals surface area contributed by atoms with Crippen LogP contribution in [0.15, 0.2) is 4.79 Å². The molecule has 144 valence electrons. The van der Waals surface area contributed by atoms with E-state index in [1.54, 1.807) is 4.57 Å². The third-order valence-corrected chi connectivity index (χ3v) is 6.14. The summed E-state index contributed by atoms with van der Waals surface area (Å²) in [6.07, 6.45) is 7.62. The predicted molar refractivity (Wildman–Crippen MR) is 96.8 cm³/mol. The summed E-state index contributed by atoms with van der Waals surface area (Å²) in [5, 5.41) is 4.54. The van der Waals surface area contributed by atoms with Crippen molar-refractivity contribution in [3.63, 3.8) is 0 Å². The van der Waals surface area contributed by atoms with Gasteiger partial charge in [-0.2, -0.15) is 5.10 Å². The zero-order valence-electron chi connectivity index (χ0n) is 15.9. The standard InChI is InChI=1S/C19H30N4O3/c1-3-21-18(17-13(2)10-11-26-17)20-22(19(21)25)12-16(24)23(15-8-9-15)14-6-4-5-7-14/h13-15,17H,3-12H2,1-2H3/t13-,17+/m1/s1. The number of carbonyl (C=O) groups is 1. The van der Waals surface area contributed by atoms with Gasteiger partial charge in [0.1, 0.15) is 12.6 Å². The van der Waals surface area contributed by atoms with Gasteiger partial charge in [-0.25, -0.2) is 9.48 Å². The number of carbonyl (C=O) groups excluding carboxylic acids is 1. The maximum Gasteiger partial charge on any atom is 0.346 e. The molecule has 4 rings (SSSR count). The molecule has 0 bridgehead atoms. The number of nitrogens with zero attached hydrogens (tertiary/aromatic N) is 4. The van der Waals surface area contributed by atoms with E-state index in [2.05, 4.69) is 16.9 Å². The fraction of sp³-hybridized carbons (Fsp3) is 0.842. The van der Waals surface area contributed by atoms with E-state index < -0.39 is 0 Å². The molecule has 0 spiro atoms. The minimum atomic E-state index is -0.194. The third-order valence-electron chi connectivity index (χ3n) is 6.14. The minimum Gasteiger partial charge on any atom is -0.370 e. The lowest BCUT2D eigenvalue weighted by Gasteiger charge is -2.29. The van der Waals surface area contributed by atoms with Crippen molar-refractivity contribution in [3.05, 3.63) is 16.3 Å². The number of hydrogen-bond acceptors (Lipinski definition) is 4. The molecule has 7 heteroatoms. The van der Waals surface area contributed by atoms with Crippen molar-refractivity contribution >= 4 is 5.91 Å².